The van der Waals surface area contributed by atoms with Crippen LogP contribution >= 0.6 is 0 Å². The molecule has 0 aromatic carbocycles. The molecule has 2 aliphatic carbocycles. The molecule has 3 rings (SSSR count). The number of rotatable bonds is 1. The minimum Gasteiger partial charge on any atom is -0.300 e. The van der Waals surface area contributed by atoms with Gasteiger partial charge in [0.1, 0.15) is 5.78 Å². The lowest BCUT2D eigenvalue weighted by molar-refractivity contribution is -0.117. The topological polar surface area (TPSA) is 34.4 Å². The van der Waals surface area contributed by atoms with Crippen molar-refractivity contribution in [3.63, 3.8) is 0 Å². The molecule has 3 nitrogen and oxygen atoms in total. The molecule has 0 bridgehead atoms. The van der Waals surface area contributed by atoms with E-state index in [2.05, 4.69) is 10.2 Å². The average molecular weight is 207 g/mol. The van der Waals surface area contributed by atoms with Gasteiger partial charge in [-0.25, -0.2) is 5.32 Å². The Bertz CT molecular complexity index is 244. The summed E-state index contributed by atoms with van der Waals surface area (Å²) in [6.07, 6.45) is 4.30. The van der Waals surface area contributed by atoms with Gasteiger partial charge in [-0.3, -0.25) is 9.69 Å². The molecular weight excluding hydrogens is 188 g/mol. The van der Waals surface area contributed by atoms with Gasteiger partial charge in [0.2, 0.25) is 0 Å². The number of hydrogen-bond acceptors (Lipinski definition) is 2. The van der Waals surface area contributed by atoms with E-state index >= 15 is 0 Å². The van der Waals surface area contributed by atoms with Crippen molar-refractivity contribution in [1.29, 1.82) is 0 Å². The summed E-state index contributed by atoms with van der Waals surface area (Å²) < 4.78 is 0. The van der Waals surface area contributed by atoms with E-state index in [1.165, 1.54) is 12.8 Å². The minimum atomic E-state index is 0.511. The Morgan fingerprint density at radius 3 is 2.27 bits per heavy atom. The maximum Gasteiger partial charge on any atom is 0.133 e. The number of hydrogen-bond donors (Lipinski definition) is 0. The van der Waals surface area contributed by atoms with Gasteiger partial charge >= 0.3 is 0 Å². The zero-order chi connectivity index (χ0) is 10.3. The highest BCUT2D eigenvalue weighted by atomic mass is 16.1. The largest absolute Gasteiger partial charge is 0.300 e. The molecule has 1 aliphatic heterocycles. The summed E-state index contributed by atoms with van der Waals surface area (Å²) in [4.78, 5) is 13.9. The summed E-state index contributed by atoms with van der Waals surface area (Å²) in [5, 5.41) is 4.39. The highest BCUT2D eigenvalue weighted by molar-refractivity contribution is 5.81. The molecule has 3 fully saturated rings. The predicted octanol–water partition coefficient (Wildman–Crippen LogP) is 0.664. The Morgan fingerprint density at radius 2 is 1.67 bits per heavy atom. The third-order valence-corrected chi connectivity index (χ3v) is 4.40. The smallest absolute Gasteiger partial charge is 0.133 e. The Labute approximate surface area is 91.2 Å². The third kappa shape index (κ3) is 1.83. The number of nitrogens with zero attached hydrogens (tertiary/aromatic N) is 2. The summed E-state index contributed by atoms with van der Waals surface area (Å²) in [6.45, 7) is 4.34. The Hall–Kier alpha value is -0.410. The van der Waals surface area contributed by atoms with Crippen molar-refractivity contribution in [1.82, 2.24) is 10.2 Å². The lowest BCUT2D eigenvalue weighted by atomic mass is 10.0. The van der Waals surface area contributed by atoms with E-state index in [9.17, 15) is 4.79 Å². The Balaban J connectivity index is 1.60. The van der Waals surface area contributed by atoms with Gasteiger partial charge in [0.05, 0.1) is 0 Å². The fraction of sp³-hybridized carbons (Fsp3) is 0.917. The molecule has 1 heterocycles. The fourth-order valence-electron chi connectivity index (χ4n) is 3.63. The fourth-order valence-corrected chi connectivity index (χ4v) is 3.63. The Kier molecular flexibility index (Phi) is 2.53. The first-order chi connectivity index (χ1) is 7.33. The molecule has 3 aliphatic rings. The van der Waals surface area contributed by atoms with Crippen LogP contribution in [-0.4, -0.2) is 42.9 Å². The number of ketones is 1. The molecule has 2 saturated carbocycles. The van der Waals surface area contributed by atoms with Gasteiger partial charge in [-0.05, 0) is 24.7 Å². The number of Topliss-reactive ketones (excluding diaryl/α,β-unsaturated/α-hetero) is 1. The van der Waals surface area contributed by atoms with Crippen molar-refractivity contribution in [2.75, 3.05) is 26.2 Å². The number of piperazine rings is 1. The molecule has 0 amide bonds. The quantitative estimate of drug-likeness (QED) is 0.633. The predicted molar refractivity (Wildman–Crippen MR) is 57.7 cm³/mol. The van der Waals surface area contributed by atoms with Gasteiger partial charge in [0.25, 0.3) is 0 Å². The van der Waals surface area contributed by atoms with E-state index in [4.69, 9.17) is 0 Å². The van der Waals surface area contributed by atoms with Crippen molar-refractivity contribution < 1.29 is 4.79 Å². The summed E-state index contributed by atoms with van der Waals surface area (Å²) in [5.41, 5.74) is 0. The maximum absolute atomic E-state index is 11.3. The molecule has 0 spiro atoms. The zero-order valence-electron chi connectivity index (χ0n) is 9.19. The van der Waals surface area contributed by atoms with E-state index in [1.807, 2.05) is 0 Å². The molecule has 0 aromatic heterocycles. The highest BCUT2D eigenvalue weighted by Crippen LogP contribution is 2.44. The van der Waals surface area contributed by atoms with E-state index in [0.717, 1.165) is 56.9 Å². The normalized spacial score (nSPS) is 42.1. The molecule has 2 unspecified atom stereocenters. The highest BCUT2D eigenvalue weighted by Gasteiger charge is 2.42. The van der Waals surface area contributed by atoms with Crippen LogP contribution in [0.2, 0.25) is 0 Å². The minimum absolute atomic E-state index is 0.511. The first-order valence-electron chi connectivity index (χ1n) is 6.22. The van der Waals surface area contributed by atoms with Crippen LogP contribution in [0.15, 0.2) is 0 Å². The first kappa shape index (κ1) is 9.79. The van der Waals surface area contributed by atoms with Crippen LogP contribution < -0.4 is 5.32 Å². The van der Waals surface area contributed by atoms with Crippen LogP contribution in [0.1, 0.15) is 25.7 Å². The van der Waals surface area contributed by atoms with Crippen LogP contribution in [-0.2, 0) is 4.79 Å². The van der Waals surface area contributed by atoms with Crippen LogP contribution in [0.5, 0.6) is 0 Å². The second-order valence-corrected chi connectivity index (χ2v) is 5.30. The van der Waals surface area contributed by atoms with Gasteiger partial charge in [0, 0.05) is 45.1 Å². The third-order valence-electron chi connectivity index (χ3n) is 4.40. The summed E-state index contributed by atoms with van der Waals surface area (Å²) in [7, 11) is 0. The van der Waals surface area contributed by atoms with E-state index in [-0.39, 0.29) is 0 Å². The van der Waals surface area contributed by atoms with Gasteiger partial charge in [-0.2, -0.15) is 0 Å². The standard InChI is InChI=1S/C12H19N2O/c15-12-7-9-5-11(6-10(9)8-12)14-3-1-13-2-4-14/h9-11H,1-8H2. The first-order valence-corrected chi connectivity index (χ1v) is 6.22. The van der Waals surface area contributed by atoms with Crippen molar-refractivity contribution in [3.8, 4) is 0 Å². The molecule has 1 saturated heterocycles. The number of carbonyl (C=O) groups excluding carboxylic acids is 1. The van der Waals surface area contributed by atoms with Crippen LogP contribution in [0.25, 0.3) is 0 Å². The molecule has 15 heavy (non-hydrogen) atoms. The van der Waals surface area contributed by atoms with Crippen molar-refractivity contribution in [2.24, 2.45) is 11.8 Å². The molecule has 1 radical (unpaired) electrons. The zero-order valence-corrected chi connectivity index (χ0v) is 9.19. The van der Waals surface area contributed by atoms with E-state index in [0.29, 0.717) is 5.78 Å². The van der Waals surface area contributed by atoms with E-state index in [1.54, 1.807) is 0 Å². The van der Waals surface area contributed by atoms with Crippen LogP contribution in [0, 0.1) is 11.8 Å². The molecule has 0 N–H and O–H groups in total. The van der Waals surface area contributed by atoms with Crippen molar-refractivity contribution in [2.45, 2.75) is 31.7 Å². The second-order valence-electron chi connectivity index (χ2n) is 5.30. The Morgan fingerprint density at radius 1 is 1.07 bits per heavy atom. The van der Waals surface area contributed by atoms with Crippen LogP contribution in [0.3, 0.4) is 0 Å². The molecular formula is C12H19N2O. The van der Waals surface area contributed by atoms with Gasteiger partial charge in [-0.1, -0.05) is 0 Å². The molecule has 0 aromatic rings. The van der Waals surface area contributed by atoms with Gasteiger partial charge < -0.3 is 0 Å². The van der Waals surface area contributed by atoms with Gasteiger partial charge in [0.15, 0.2) is 0 Å². The lowest BCUT2D eigenvalue weighted by Gasteiger charge is -2.32. The van der Waals surface area contributed by atoms with Crippen molar-refractivity contribution >= 4 is 5.78 Å². The summed E-state index contributed by atoms with van der Waals surface area (Å²) >= 11 is 0. The summed E-state index contributed by atoms with van der Waals surface area (Å²) in [6, 6.07) is 0.767. The summed E-state index contributed by atoms with van der Waals surface area (Å²) in [5.74, 6) is 1.96. The number of fused-ring (bicyclic) bond motifs is 1. The lowest BCUT2D eigenvalue weighted by Crippen LogP contribution is -2.45. The molecule has 83 valence electrons. The molecule has 3 heteroatoms. The average Bonchev–Trinajstić information content (AvgIpc) is 2.76. The van der Waals surface area contributed by atoms with E-state index < -0.39 is 0 Å². The molecule has 2 atom stereocenters. The number of carbonyl (C=O) groups is 1. The van der Waals surface area contributed by atoms with Gasteiger partial charge in [-0.15, -0.1) is 0 Å². The van der Waals surface area contributed by atoms with Crippen LogP contribution in [0.4, 0.5) is 0 Å². The SMILES string of the molecule is O=C1CC2CC(N3CC[N]CC3)CC2C1. The monoisotopic (exact) mass is 207 g/mol. The van der Waals surface area contributed by atoms with Crippen molar-refractivity contribution in [3.05, 3.63) is 0 Å². The maximum atomic E-state index is 11.3. The second kappa shape index (κ2) is 3.87.